The Labute approximate surface area is 102 Å². The fourth-order valence-electron chi connectivity index (χ4n) is 1.47. The standard InChI is InChI=1S/C12H20N4O/c1-4-16(5-2)12(13)14-9-10-7-6-8-11(15-10)17-3/h6-8H,4-5,9H2,1-3H3,(H2,13,14). The van der Waals surface area contributed by atoms with Crippen LogP contribution in [0.2, 0.25) is 0 Å². The van der Waals surface area contributed by atoms with Crippen LogP contribution >= 0.6 is 0 Å². The normalized spacial score (nSPS) is 11.4. The van der Waals surface area contributed by atoms with Gasteiger partial charge in [-0.1, -0.05) is 6.07 Å². The Morgan fingerprint density at radius 3 is 2.71 bits per heavy atom. The number of hydrogen-bond donors (Lipinski definition) is 1. The van der Waals surface area contributed by atoms with Crippen molar-refractivity contribution in [1.29, 1.82) is 0 Å². The van der Waals surface area contributed by atoms with E-state index >= 15 is 0 Å². The predicted molar refractivity (Wildman–Crippen MR) is 69.0 cm³/mol. The summed E-state index contributed by atoms with van der Waals surface area (Å²) >= 11 is 0. The van der Waals surface area contributed by atoms with Gasteiger partial charge in [-0.25, -0.2) is 9.98 Å². The smallest absolute Gasteiger partial charge is 0.213 e. The molecule has 17 heavy (non-hydrogen) atoms. The Bertz CT molecular complexity index is 375. The second kappa shape index (κ2) is 6.73. The minimum Gasteiger partial charge on any atom is -0.481 e. The van der Waals surface area contributed by atoms with Gasteiger partial charge in [0.25, 0.3) is 0 Å². The lowest BCUT2D eigenvalue weighted by Crippen LogP contribution is -2.37. The van der Waals surface area contributed by atoms with Crippen molar-refractivity contribution in [1.82, 2.24) is 9.88 Å². The molecular formula is C12H20N4O. The number of aromatic nitrogens is 1. The number of rotatable bonds is 5. The molecule has 0 unspecified atom stereocenters. The van der Waals surface area contributed by atoms with E-state index in [1.165, 1.54) is 0 Å². The zero-order chi connectivity index (χ0) is 12.7. The van der Waals surface area contributed by atoms with E-state index in [1.807, 2.05) is 17.0 Å². The molecule has 0 aliphatic heterocycles. The molecule has 0 radical (unpaired) electrons. The molecule has 1 aromatic rings. The first-order chi connectivity index (χ1) is 8.21. The number of hydrogen-bond acceptors (Lipinski definition) is 3. The van der Waals surface area contributed by atoms with Crippen LogP contribution in [0.15, 0.2) is 23.2 Å². The fraction of sp³-hybridized carbons (Fsp3) is 0.500. The number of nitrogens with zero attached hydrogens (tertiary/aromatic N) is 3. The maximum Gasteiger partial charge on any atom is 0.213 e. The number of guanidine groups is 1. The Morgan fingerprint density at radius 2 is 2.12 bits per heavy atom. The molecule has 0 aliphatic carbocycles. The number of ether oxygens (including phenoxy) is 1. The van der Waals surface area contributed by atoms with Crippen LogP contribution in [0.25, 0.3) is 0 Å². The van der Waals surface area contributed by atoms with Gasteiger partial charge in [0, 0.05) is 19.2 Å². The number of pyridine rings is 1. The van der Waals surface area contributed by atoms with Crippen molar-refractivity contribution < 1.29 is 4.74 Å². The molecule has 94 valence electrons. The third-order valence-corrected chi connectivity index (χ3v) is 2.48. The summed E-state index contributed by atoms with van der Waals surface area (Å²) in [6.07, 6.45) is 0. The van der Waals surface area contributed by atoms with Crippen molar-refractivity contribution in [3.63, 3.8) is 0 Å². The van der Waals surface area contributed by atoms with Gasteiger partial charge in [0.2, 0.25) is 5.88 Å². The molecule has 0 saturated heterocycles. The molecule has 5 nitrogen and oxygen atoms in total. The van der Waals surface area contributed by atoms with Gasteiger partial charge in [0.05, 0.1) is 19.3 Å². The highest BCUT2D eigenvalue weighted by Crippen LogP contribution is 2.07. The van der Waals surface area contributed by atoms with E-state index < -0.39 is 0 Å². The summed E-state index contributed by atoms with van der Waals surface area (Å²) in [5, 5.41) is 0. The molecule has 0 aromatic carbocycles. The van der Waals surface area contributed by atoms with Crippen molar-refractivity contribution in [2.24, 2.45) is 10.7 Å². The van der Waals surface area contributed by atoms with E-state index in [9.17, 15) is 0 Å². The molecule has 1 aromatic heterocycles. The summed E-state index contributed by atoms with van der Waals surface area (Å²) in [5.74, 6) is 1.15. The zero-order valence-corrected chi connectivity index (χ0v) is 10.7. The zero-order valence-electron chi connectivity index (χ0n) is 10.7. The van der Waals surface area contributed by atoms with Gasteiger partial charge in [-0.3, -0.25) is 0 Å². The lowest BCUT2D eigenvalue weighted by atomic mass is 10.3. The quantitative estimate of drug-likeness (QED) is 0.617. The molecule has 5 heteroatoms. The molecule has 0 aliphatic rings. The number of aliphatic imine (C=N–C) groups is 1. The number of nitrogens with two attached hydrogens (primary N) is 1. The van der Waals surface area contributed by atoms with Gasteiger partial charge < -0.3 is 15.4 Å². The van der Waals surface area contributed by atoms with Crippen LogP contribution in [0.4, 0.5) is 0 Å². The third kappa shape index (κ3) is 3.94. The average Bonchev–Trinajstić information content (AvgIpc) is 2.38. The molecule has 0 bridgehead atoms. The van der Waals surface area contributed by atoms with Crippen molar-refractivity contribution >= 4 is 5.96 Å². The van der Waals surface area contributed by atoms with Gasteiger partial charge in [0.15, 0.2) is 5.96 Å². The van der Waals surface area contributed by atoms with Gasteiger partial charge >= 0.3 is 0 Å². The second-order valence-electron chi connectivity index (χ2n) is 3.52. The van der Waals surface area contributed by atoms with Gasteiger partial charge in [-0.15, -0.1) is 0 Å². The molecule has 2 N–H and O–H groups in total. The monoisotopic (exact) mass is 236 g/mol. The highest BCUT2D eigenvalue weighted by molar-refractivity contribution is 5.77. The molecule has 1 rings (SSSR count). The average molecular weight is 236 g/mol. The Morgan fingerprint density at radius 1 is 1.41 bits per heavy atom. The van der Waals surface area contributed by atoms with E-state index in [1.54, 1.807) is 13.2 Å². The molecule has 0 saturated carbocycles. The van der Waals surface area contributed by atoms with Crippen LogP contribution in [0.5, 0.6) is 5.88 Å². The van der Waals surface area contributed by atoms with E-state index in [0.29, 0.717) is 18.4 Å². The predicted octanol–water partition coefficient (Wildman–Crippen LogP) is 1.25. The minimum atomic E-state index is 0.472. The molecule has 0 fully saturated rings. The Kier molecular flexibility index (Phi) is 5.26. The van der Waals surface area contributed by atoms with Gasteiger partial charge in [-0.2, -0.15) is 0 Å². The van der Waals surface area contributed by atoms with E-state index in [4.69, 9.17) is 10.5 Å². The molecular weight excluding hydrogens is 216 g/mol. The molecule has 0 amide bonds. The Balaban J connectivity index is 2.67. The highest BCUT2D eigenvalue weighted by atomic mass is 16.5. The summed E-state index contributed by atoms with van der Waals surface area (Å²) in [5.41, 5.74) is 6.72. The van der Waals surface area contributed by atoms with E-state index in [-0.39, 0.29) is 0 Å². The highest BCUT2D eigenvalue weighted by Gasteiger charge is 2.02. The van der Waals surface area contributed by atoms with E-state index in [2.05, 4.69) is 23.8 Å². The van der Waals surface area contributed by atoms with Crippen LogP contribution in [-0.2, 0) is 6.54 Å². The summed E-state index contributed by atoms with van der Waals surface area (Å²) in [7, 11) is 1.60. The lowest BCUT2D eigenvalue weighted by molar-refractivity contribution is 0.396. The minimum absolute atomic E-state index is 0.472. The summed E-state index contributed by atoms with van der Waals surface area (Å²) in [6.45, 7) is 6.29. The van der Waals surface area contributed by atoms with Crippen LogP contribution in [-0.4, -0.2) is 36.0 Å². The summed E-state index contributed by atoms with van der Waals surface area (Å²) in [6, 6.07) is 5.60. The summed E-state index contributed by atoms with van der Waals surface area (Å²) < 4.78 is 5.05. The second-order valence-corrected chi connectivity index (χ2v) is 3.52. The van der Waals surface area contributed by atoms with Crippen LogP contribution in [0.1, 0.15) is 19.5 Å². The van der Waals surface area contributed by atoms with Gasteiger partial charge in [-0.05, 0) is 19.9 Å². The maximum atomic E-state index is 5.87. The first-order valence-corrected chi connectivity index (χ1v) is 5.76. The number of methoxy groups -OCH3 is 1. The fourth-order valence-corrected chi connectivity index (χ4v) is 1.47. The lowest BCUT2D eigenvalue weighted by Gasteiger charge is -2.19. The van der Waals surface area contributed by atoms with Crippen LogP contribution < -0.4 is 10.5 Å². The van der Waals surface area contributed by atoms with Crippen molar-refractivity contribution in [3.8, 4) is 5.88 Å². The van der Waals surface area contributed by atoms with Crippen molar-refractivity contribution in [3.05, 3.63) is 23.9 Å². The first kappa shape index (κ1) is 13.3. The summed E-state index contributed by atoms with van der Waals surface area (Å²) in [4.78, 5) is 10.6. The third-order valence-electron chi connectivity index (χ3n) is 2.48. The Hall–Kier alpha value is -1.78. The van der Waals surface area contributed by atoms with Crippen molar-refractivity contribution in [2.75, 3.05) is 20.2 Å². The maximum absolute atomic E-state index is 5.87. The topological polar surface area (TPSA) is 63.7 Å². The molecule has 1 heterocycles. The van der Waals surface area contributed by atoms with Crippen molar-refractivity contribution in [2.45, 2.75) is 20.4 Å². The van der Waals surface area contributed by atoms with E-state index in [0.717, 1.165) is 18.8 Å². The first-order valence-electron chi connectivity index (χ1n) is 5.76. The SMILES string of the molecule is CCN(CC)C(N)=NCc1cccc(OC)n1. The molecule has 0 spiro atoms. The van der Waals surface area contributed by atoms with Gasteiger partial charge in [0.1, 0.15) is 0 Å². The van der Waals surface area contributed by atoms with Crippen LogP contribution in [0.3, 0.4) is 0 Å². The van der Waals surface area contributed by atoms with Crippen LogP contribution in [0, 0.1) is 0 Å². The molecule has 0 atom stereocenters. The largest absolute Gasteiger partial charge is 0.481 e.